The molecule has 4 aliphatic rings. The van der Waals surface area contributed by atoms with Crippen LogP contribution in [0.4, 0.5) is 4.79 Å². The molecule has 0 aromatic carbocycles. The maximum atomic E-state index is 13.9. The normalized spacial score (nSPS) is 28.2. The molecular formula is C32H54N4O3. The molecule has 0 radical (unpaired) electrons. The van der Waals surface area contributed by atoms with Crippen LogP contribution in [0.5, 0.6) is 0 Å². The topological polar surface area (TPSA) is 65.4 Å². The molecule has 0 aromatic heterocycles. The first-order chi connectivity index (χ1) is 18.5. The molecule has 1 spiro atoms. The van der Waals surface area contributed by atoms with E-state index in [9.17, 15) is 9.59 Å². The minimum absolute atomic E-state index is 0.0140. The van der Waals surface area contributed by atoms with E-state index < -0.39 is 5.60 Å². The summed E-state index contributed by atoms with van der Waals surface area (Å²) in [6.07, 6.45) is 15.4. The minimum Gasteiger partial charge on any atom is -0.444 e. The third kappa shape index (κ3) is 7.38. The Bertz CT molecular complexity index is 915. The molecule has 7 nitrogen and oxygen atoms in total. The second-order valence-corrected chi connectivity index (χ2v) is 13.9. The van der Waals surface area contributed by atoms with Gasteiger partial charge in [-0.25, -0.2) is 4.79 Å². The zero-order valence-corrected chi connectivity index (χ0v) is 25.6. The second-order valence-electron chi connectivity index (χ2n) is 13.9. The van der Waals surface area contributed by atoms with Crippen molar-refractivity contribution in [2.75, 3.05) is 32.7 Å². The Balaban J connectivity index is 1.30. The van der Waals surface area contributed by atoms with E-state index in [1.165, 1.54) is 38.5 Å². The van der Waals surface area contributed by atoms with Crippen LogP contribution in [0.2, 0.25) is 0 Å². The Labute approximate surface area is 237 Å². The second kappa shape index (κ2) is 12.6. The molecule has 3 saturated heterocycles. The molecular weight excluding hydrogens is 488 g/mol. The summed E-state index contributed by atoms with van der Waals surface area (Å²) in [7, 11) is 0. The smallest absolute Gasteiger partial charge is 0.410 e. The fraction of sp³-hybridized carbons (Fsp3) is 0.844. The van der Waals surface area contributed by atoms with Gasteiger partial charge in [0.1, 0.15) is 11.4 Å². The molecule has 0 aromatic rings. The largest absolute Gasteiger partial charge is 0.444 e. The van der Waals surface area contributed by atoms with E-state index in [0.717, 1.165) is 50.1 Å². The number of ether oxygens (including phenoxy) is 1. The van der Waals surface area contributed by atoms with Gasteiger partial charge in [0, 0.05) is 32.7 Å². The van der Waals surface area contributed by atoms with Crippen LogP contribution < -0.4 is 0 Å². The lowest BCUT2D eigenvalue weighted by molar-refractivity contribution is -0.152. The van der Waals surface area contributed by atoms with Gasteiger partial charge in [-0.1, -0.05) is 45.6 Å². The molecule has 0 saturated carbocycles. The van der Waals surface area contributed by atoms with Gasteiger partial charge in [-0.3, -0.25) is 9.79 Å². The standard InChI is InChI=1S/C32H54N4O3/c1-7-8-10-24(2)11-12-26-15-20-35(23-26)28-14-13-27(25(3)33-28)36-19-9-16-32(29(36)37)17-21-34(22-18-32)30(38)39-31(4,5)6/h13-14,24-27H,7-12,15-23H2,1-6H3/t24-,25?,26?,27?/m0/s1. The number of nitrogens with zero attached hydrogens (tertiary/aromatic N) is 4. The summed E-state index contributed by atoms with van der Waals surface area (Å²) in [5, 5.41) is 0. The molecule has 3 unspecified atom stereocenters. The van der Waals surface area contributed by atoms with Crippen molar-refractivity contribution < 1.29 is 14.3 Å². The molecule has 0 N–H and O–H groups in total. The number of dihydropyridines is 1. The minimum atomic E-state index is -0.505. The molecule has 220 valence electrons. The summed E-state index contributed by atoms with van der Waals surface area (Å²) in [6, 6.07) is 0.0687. The van der Waals surface area contributed by atoms with E-state index in [0.29, 0.717) is 25.9 Å². The number of amidine groups is 1. The third-order valence-electron chi connectivity index (χ3n) is 9.50. The van der Waals surface area contributed by atoms with Crippen molar-refractivity contribution in [3.8, 4) is 0 Å². The lowest BCUT2D eigenvalue weighted by Crippen LogP contribution is -2.58. The monoisotopic (exact) mass is 542 g/mol. The number of piperidine rings is 2. The quantitative estimate of drug-likeness (QED) is 0.380. The fourth-order valence-corrected chi connectivity index (χ4v) is 7.01. The predicted octanol–water partition coefficient (Wildman–Crippen LogP) is 6.28. The Kier molecular flexibility index (Phi) is 9.69. The van der Waals surface area contributed by atoms with Crippen molar-refractivity contribution in [3.05, 3.63) is 12.2 Å². The van der Waals surface area contributed by atoms with E-state index in [4.69, 9.17) is 9.73 Å². The summed E-state index contributed by atoms with van der Waals surface area (Å²) in [6.45, 7) is 16.7. The highest BCUT2D eigenvalue weighted by molar-refractivity contribution is 5.94. The Morgan fingerprint density at radius 1 is 1.15 bits per heavy atom. The lowest BCUT2D eigenvalue weighted by Gasteiger charge is -2.49. The molecule has 4 heterocycles. The first-order valence-electron chi connectivity index (χ1n) is 15.8. The molecule has 0 bridgehead atoms. The van der Waals surface area contributed by atoms with E-state index in [1.54, 1.807) is 4.90 Å². The van der Waals surface area contributed by atoms with Crippen molar-refractivity contribution in [1.82, 2.24) is 14.7 Å². The highest BCUT2D eigenvalue weighted by Crippen LogP contribution is 2.42. The number of aliphatic imine (C=N–C) groups is 1. The number of carbonyl (C=O) groups excluding carboxylic acids is 2. The number of hydrogen-bond donors (Lipinski definition) is 0. The van der Waals surface area contributed by atoms with Crippen molar-refractivity contribution in [3.63, 3.8) is 0 Å². The van der Waals surface area contributed by atoms with Crippen LogP contribution in [-0.4, -0.2) is 82.9 Å². The van der Waals surface area contributed by atoms with Gasteiger partial charge in [-0.15, -0.1) is 0 Å². The predicted molar refractivity (Wildman–Crippen MR) is 158 cm³/mol. The van der Waals surface area contributed by atoms with E-state index in [1.807, 2.05) is 20.8 Å². The summed E-state index contributed by atoms with van der Waals surface area (Å²) in [5.41, 5.74) is -0.861. The zero-order valence-electron chi connectivity index (χ0n) is 25.6. The maximum Gasteiger partial charge on any atom is 0.410 e. The van der Waals surface area contributed by atoms with Gasteiger partial charge in [0.05, 0.1) is 17.5 Å². The van der Waals surface area contributed by atoms with E-state index >= 15 is 0 Å². The average Bonchev–Trinajstić information content (AvgIpc) is 3.37. The lowest BCUT2D eigenvalue weighted by atomic mass is 9.71. The Morgan fingerprint density at radius 3 is 2.56 bits per heavy atom. The molecule has 4 rings (SSSR count). The van der Waals surface area contributed by atoms with Crippen molar-refractivity contribution in [1.29, 1.82) is 0 Å². The molecule has 4 aliphatic heterocycles. The van der Waals surface area contributed by atoms with E-state index in [2.05, 4.69) is 42.7 Å². The van der Waals surface area contributed by atoms with Gasteiger partial charge in [0.2, 0.25) is 5.91 Å². The third-order valence-corrected chi connectivity index (χ3v) is 9.50. The van der Waals surface area contributed by atoms with Crippen molar-refractivity contribution >= 4 is 17.8 Å². The number of carbonyl (C=O) groups is 2. The highest BCUT2D eigenvalue weighted by Gasteiger charge is 2.48. The summed E-state index contributed by atoms with van der Waals surface area (Å²) >= 11 is 0. The van der Waals surface area contributed by atoms with Crippen molar-refractivity contribution in [2.24, 2.45) is 22.2 Å². The Morgan fingerprint density at radius 2 is 1.90 bits per heavy atom. The van der Waals surface area contributed by atoms with Gasteiger partial charge in [0.15, 0.2) is 0 Å². The summed E-state index contributed by atoms with van der Waals surface area (Å²) in [5.74, 6) is 2.97. The first-order valence-corrected chi connectivity index (χ1v) is 15.8. The van der Waals surface area contributed by atoms with Gasteiger partial charge >= 0.3 is 6.09 Å². The van der Waals surface area contributed by atoms with Gasteiger partial charge in [0.25, 0.3) is 0 Å². The van der Waals surface area contributed by atoms with Gasteiger partial charge in [-0.05, 0) is 84.1 Å². The molecule has 3 fully saturated rings. The average molecular weight is 543 g/mol. The maximum absolute atomic E-state index is 13.9. The van der Waals surface area contributed by atoms with Gasteiger partial charge < -0.3 is 19.4 Å². The molecule has 0 aliphatic carbocycles. The zero-order chi connectivity index (χ0) is 28.2. The van der Waals surface area contributed by atoms with Crippen LogP contribution in [0.25, 0.3) is 0 Å². The number of hydrogen-bond acceptors (Lipinski definition) is 5. The van der Waals surface area contributed by atoms with Crippen molar-refractivity contribution in [2.45, 2.75) is 123 Å². The molecule has 4 atom stereocenters. The number of unbranched alkanes of at least 4 members (excludes halogenated alkanes) is 1. The Hall–Kier alpha value is -2.05. The summed E-state index contributed by atoms with van der Waals surface area (Å²) in [4.78, 5) is 38.0. The molecule has 39 heavy (non-hydrogen) atoms. The fourth-order valence-electron chi connectivity index (χ4n) is 7.01. The van der Waals surface area contributed by atoms with Crippen LogP contribution in [0.15, 0.2) is 17.1 Å². The SMILES string of the molecule is CCCC[C@H](C)CCC1CCN(C2=NC(C)C(N3CCCC4(CCN(C(=O)OC(C)(C)C)CC4)C3=O)C=C2)C1. The number of likely N-dealkylation sites (tertiary alicyclic amines) is 3. The van der Waals surface area contributed by atoms with Crippen LogP contribution in [0, 0.1) is 17.3 Å². The highest BCUT2D eigenvalue weighted by atomic mass is 16.6. The van der Waals surface area contributed by atoms with Crippen LogP contribution in [0.1, 0.15) is 106 Å². The molecule has 2 amide bonds. The first kappa shape index (κ1) is 29.9. The van der Waals surface area contributed by atoms with E-state index in [-0.39, 0.29) is 29.5 Å². The van der Waals surface area contributed by atoms with Crippen LogP contribution in [-0.2, 0) is 9.53 Å². The van der Waals surface area contributed by atoms with Crippen LogP contribution in [0.3, 0.4) is 0 Å². The number of amides is 2. The summed E-state index contributed by atoms with van der Waals surface area (Å²) < 4.78 is 5.57. The number of rotatable bonds is 7. The molecule has 7 heteroatoms. The van der Waals surface area contributed by atoms with Crippen LogP contribution >= 0.6 is 0 Å². The van der Waals surface area contributed by atoms with Gasteiger partial charge in [-0.2, -0.15) is 0 Å².